The van der Waals surface area contributed by atoms with Gasteiger partial charge in [0.2, 0.25) is 0 Å². The molecule has 2 radical (unpaired) electrons. The Morgan fingerprint density at radius 1 is 1.54 bits per heavy atom. The molecule has 0 aromatic carbocycles. The summed E-state index contributed by atoms with van der Waals surface area (Å²) in [4.78, 5) is 4.20. The lowest BCUT2D eigenvalue weighted by atomic mass is 9.83. The van der Waals surface area contributed by atoms with Crippen LogP contribution in [0.5, 0.6) is 0 Å². The fourth-order valence-corrected chi connectivity index (χ4v) is 1.13. The SMILES string of the molecule is [B]C(C)C(Cl)C(=N)C(CC)=NCC. The Balaban J connectivity index is 4.46. The van der Waals surface area contributed by atoms with Crippen LogP contribution in [0.4, 0.5) is 0 Å². The van der Waals surface area contributed by atoms with Gasteiger partial charge in [-0.1, -0.05) is 19.7 Å². The van der Waals surface area contributed by atoms with Gasteiger partial charge in [0, 0.05) is 6.54 Å². The minimum atomic E-state index is -0.426. The van der Waals surface area contributed by atoms with Gasteiger partial charge in [-0.2, -0.15) is 0 Å². The summed E-state index contributed by atoms with van der Waals surface area (Å²) in [5.41, 5.74) is 1.13. The van der Waals surface area contributed by atoms with Crippen molar-refractivity contribution < 1.29 is 0 Å². The van der Waals surface area contributed by atoms with Crippen molar-refractivity contribution in [3.8, 4) is 0 Å². The van der Waals surface area contributed by atoms with Gasteiger partial charge in [-0.05, 0) is 13.3 Å². The van der Waals surface area contributed by atoms with Crippen molar-refractivity contribution in [3.63, 3.8) is 0 Å². The van der Waals surface area contributed by atoms with Crippen LogP contribution in [0.2, 0.25) is 5.82 Å². The van der Waals surface area contributed by atoms with E-state index in [9.17, 15) is 0 Å². The summed E-state index contributed by atoms with van der Waals surface area (Å²) in [5.74, 6) is -0.206. The Morgan fingerprint density at radius 3 is 2.38 bits per heavy atom. The standard InChI is InChI=1S/C9H16BClN2/c1-4-7(13-5-2)9(12)8(11)6(3)10/h6,8,12H,4-5H2,1-3H3. The number of hydrogen-bond acceptors (Lipinski definition) is 2. The van der Waals surface area contributed by atoms with Crippen LogP contribution < -0.4 is 0 Å². The molecule has 0 amide bonds. The summed E-state index contributed by atoms with van der Waals surface area (Å²) in [6.07, 6.45) is 0.739. The van der Waals surface area contributed by atoms with E-state index in [1.807, 2.05) is 13.8 Å². The summed E-state index contributed by atoms with van der Waals surface area (Å²) in [7, 11) is 5.60. The molecule has 0 rings (SSSR count). The molecule has 0 saturated heterocycles. The van der Waals surface area contributed by atoms with Gasteiger partial charge in [0.1, 0.15) is 0 Å². The minimum absolute atomic E-state index is 0.206. The van der Waals surface area contributed by atoms with E-state index in [-0.39, 0.29) is 5.82 Å². The third-order valence-electron chi connectivity index (χ3n) is 1.73. The van der Waals surface area contributed by atoms with Crippen molar-refractivity contribution in [3.05, 3.63) is 0 Å². The average Bonchev–Trinajstić information content (AvgIpc) is 2.11. The van der Waals surface area contributed by atoms with Crippen LogP contribution in [-0.2, 0) is 0 Å². The molecule has 0 saturated carbocycles. The molecule has 72 valence electrons. The third kappa shape index (κ3) is 3.94. The quantitative estimate of drug-likeness (QED) is 0.400. The highest BCUT2D eigenvalue weighted by atomic mass is 35.5. The summed E-state index contributed by atoms with van der Waals surface area (Å²) in [5, 5.41) is 7.32. The van der Waals surface area contributed by atoms with Gasteiger partial charge in [0.05, 0.1) is 24.6 Å². The lowest BCUT2D eigenvalue weighted by Crippen LogP contribution is -2.26. The monoisotopic (exact) mass is 198 g/mol. The van der Waals surface area contributed by atoms with Gasteiger partial charge < -0.3 is 5.41 Å². The first-order valence-electron chi connectivity index (χ1n) is 4.56. The third-order valence-corrected chi connectivity index (χ3v) is 2.35. The maximum Gasteiger partial charge on any atom is 0.0721 e. The number of nitrogens with one attached hydrogen (secondary N) is 1. The Bertz CT molecular complexity index is 202. The summed E-state index contributed by atoms with van der Waals surface area (Å²) < 4.78 is 0. The molecule has 0 bridgehead atoms. The highest BCUT2D eigenvalue weighted by Crippen LogP contribution is 2.15. The van der Waals surface area contributed by atoms with E-state index in [1.165, 1.54) is 0 Å². The van der Waals surface area contributed by atoms with E-state index >= 15 is 0 Å². The molecule has 0 fully saturated rings. The molecule has 0 spiro atoms. The van der Waals surface area contributed by atoms with Gasteiger partial charge in [-0.3, -0.25) is 4.99 Å². The second kappa shape index (κ2) is 6.19. The Morgan fingerprint density at radius 2 is 2.08 bits per heavy atom. The summed E-state index contributed by atoms with van der Waals surface area (Å²) >= 11 is 5.95. The molecule has 0 aromatic heterocycles. The maximum atomic E-state index is 7.74. The molecule has 4 heteroatoms. The molecular formula is C9H16BClN2. The van der Waals surface area contributed by atoms with Crippen molar-refractivity contribution in [2.24, 2.45) is 4.99 Å². The number of hydrogen-bond donors (Lipinski definition) is 1. The molecule has 0 aromatic rings. The van der Waals surface area contributed by atoms with Crippen molar-refractivity contribution in [2.45, 2.75) is 38.4 Å². The van der Waals surface area contributed by atoms with Gasteiger partial charge in [-0.25, -0.2) is 0 Å². The summed E-state index contributed by atoms with van der Waals surface area (Å²) in [6, 6.07) is 0. The number of alkyl halides is 1. The molecule has 2 unspecified atom stereocenters. The number of nitrogens with zero attached hydrogens (tertiary/aromatic N) is 1. The Labute approximate surface area is 86.7 Å². The molecule has 0 heterocycles. The molecule has 1 N–H and O–H groups in total. The largest absolute Gasteiger partial charge is 0.302 e. The molecule has 0 aliphatic rings. The van der Waals surface area contributed by atoms with E-state index < -0.39 is 5.38 Å². The van der Waals surface area contributed by atoms with Crippen LogP contribution in [0.25, 0.3) is 0 Å². The van der Waals surface area contributed by atoms with E-state index in [2.05, 4.69) is 4.99 Å². The zero-order valence-corrected chi connectivity index (χ0v) is 9.23. The van der Waals surface area contributed by atoms with Gasteiger partial charge in [0.25, 0.3) is 0 Å². The first-order valence-corrected chi connectivity index (χ1v) is 4.99. The van der Waals surface area contributed by atoms with Crippen LogP contribution in [0.15, 0.2) is 4.99 Å². The number of rotatable bonds is 5. The predicted octanol–water partition coefficient (Wildman–Crippen LogP) is 2.46. The van der Waals surface area contributed by atoms with Crippen molar-refractivity contribution in [1.82, 2.24) is 0 Å². The zero-order chi connectivity index (χ0) is 10.4. The number of aliphatic imine (C=N–C) groups is 1. The smallest absolute Gasteiger partial charge is 0.0721 e. The first kappa shape index (κ1) is 12.7. The van der Waals surface area contributed by atoms with Crippen LogP contribution in [-0.4, -0.2) is 31.2 Å². The molecule has 13 heavy (non-hydrogen) atoms. The van der Waals surface area contributed by atoms with Crippen LogP contribution >= 0.6 is 11.6 Å². The van der Waals surface area contributed by atoms with E-state index in [1.54, 1.807) is 6.92 Å². The van der Waals surface area contributed by atoms with Crippen LogP contribution in [0, 0.1) is 5.41 Å². The Kier molecular flexibility index (Phi) is 6.05. The second-order valence-corrected chi connectivity index (χ2v) is 3.42. The normalized spacial score (nSPS) is 16.8. The highest BCUT2D eigenvalue weighted by molar-refractivity contribution is 6.53. The zero-order valence-electron chi connectivity index (χ0n) is 8.47. The molecule has 0 aliphatic carbocycles. The van der Waals surface area contributed by atoms with Crippen molar-refractivity contribution in [2.75, 3.05) is 6.54 Å². The topological polar surface area (TPSA) is 36.2 Å². The van der Waals surface area contributed by atoms with Crippen LogP contribution in [0.3, 0.4) is 0 Å². The minimum Gasteiger partial charge on any atom is -0.302 e. The summed E-state index contributed by atoms with van der Waals surface area (Å²) in [6.45, 7) is 6.39. The Hall–Kier alpha value is -0.305. The van der Waals surface area contributed by atoms with Gasteiger partial charge in [-0.15, -0.1) is 11.6 Å². The fourth-order valence-electron chi connectivity index (χ4n) is 1.00. The van der Waals surface area contributed by atoms with E-state index in [4.69, 9.17) is 24.9 Å². The van der Waals surface area contributed by atoms with Gasteiger partial charge in [0.15, 0.2) is 0 Å². The second-order valence-electron chi connectivity index (χ2n) is 2.95. The fraction of sp³-hybridized carbons (Fsp3) is 0.778. The van der Waals surface area contributed by atoms with Crippen molar-refractivity contribution >= 4 is 30.9 Å². The highest BCUT2D eigenvalue weighted by Gasteiger charge is 2.18. The van der Waals surface area contributed by atoms with E-state index in [0.29, 0.717) is 12.3 Å². The maximum absolute atomic E-state index is 7.74. The number of halogens is 1. The first-order chi connectivity index (χ1) is 6.04. The van der Waals surface area contributed by atoms with Crippen molar-refractivity contribution in [1.29, 1.82) is 5.41 Å². The molecule has 0 aliphatic heterocycles. The lowest BCUT2D eigenvalue weighted by Gasteiger charge is -2.15. The molecular weight excluding hydrogens is 182 g/mol. The van der Waals surface area contributed by atoms with Crippen LogP contribution in [0.1, 0.15) is 27.2 Å². The molecule has 2 atom stereocenters. The lowest BCUT2D eigenvalue weighted by molar-refractivity contribution is 0.986. The molecule has 2 nitrogen and oxygen atoms in total. The van der Waals surface area contributed by atoms with Gasteiger partial charge >= 0.3 is 0 Å². The predicted molar refractivity (Wildman–Crippen MR) is 60.8 cm³/mol. The van der Waals surface area contributed by atoms with E-state index in [0.717, 1.165) is 12.1 Å². The average molecular weight is 199 g/mol.